The molecule has 1 rings (SSSR count). The van der Waals surface area contributed by atoms with Crippen LogP contribution in [0.1, 0.15) is 52.0 Å². The predicted octanol–water partition coefficient (Wildman–Crippen LogP) is 3.48. The first kappa shape index (κ1) is 16.2. The van der Waals surface area contributed by atoms with Crippen LogP contribution >= 0.6 is 0 Å². The zero-order chi connectivity index (χ0) is 15.0. The zero-order valence-corrected chi connectivity index (χ0v) is 12.8. The fourth-order valence-corrected chi connectivity index (χ4v) is 1.71. The molecule has 0 fully saturated rings. The number of nitrogens with zero attached hydrogens (tertiary/aromatic N) is 1. The van der Waals surface area contributed by atoms with E-state index in [1.165, 1.54) is 5.56 Å². The number of carbonyl (C=O) groups is 1. The highest BCUT2D eigenvalue weighted by atomic mass is 16.5. The Labute approximate surface area is 121 Å². The van der Waals surface area contributed by atoms with E-state index in [1.807, 2.05) is 31.2 Å². The van der Waals surface area contributed by atoms with Gasteiger partial charge >= 0.3 is 0 Å². The number of carbonyl (C=O) groups excluding carboxylic acids is 1. The van der Waals surface area contributed by atoms with E-state index in [-0.39, 0.29) is 12.5 Å². The second-order valence-electron chi connectivity index (χ2n) is 5.14. The minimum absolute atomic E-state index is 0.0239. The van der Waals surface area contributed by atoms with Gasteiger partial charge in [-0.15, -0.1) is 0 Å². The highest BCUT2D eigenvalue weighted by Crippen LogP contribution is 2.18. The Balaban J connectivity index is 2.39. The second-order valence-corrected chi connectivity index (χ2v) is 5.14. The average molecular weight is 276 g/mol. The molecule has 0 aliphatic rings. The maximum absolute atomic E-state index is 11.6. The normalized spacial score (nSPS) is 11.6. The number of nitrogens with one attached hydrogen (secondary N) is 1. The van der Waals surface area contributed by atoms with E-state index in [0.717, 1.165) is 18.6 Å². The van der Waals surface area contributed by atoms with Crippen molar-refractivity contribution in [3.63, 3.8) is 0 Å². The van der Waals surface area contributed by atoms with Crippen molar-refractivity contribution in [2.45, 2.75) is 46.5 Å². The van der Waals surface area contributed by atoms with E-state index in [2.05, 4.69) is 31.3 Å². The van der Waals surface area contributed by atoms with Crippen molar-refractivity contribution < 1.29 is 9.53 Å². The van der Waals surface area contributed by atoms with Gasteiger partial charge in [-0.3, -0.25) is 4.79 Å². The first-order valence-electron chi connectivity index (χ1n) is 7.07. The van der Waals surface area contributed by atoms with Crippen LogP contribution in [-0.4, -0.2) is 18.2 Å². The number of ether oxygens (including phenoxy) is 1. The predicted molar refractivity (Wildman–Crippen MR) is 82.2 cm³/mol. The Morgan fingerprint density at radius 1 is 1.30 bits per heavy atom. The van der Waals surface area contributed by atoms with Gasteiger partial charge in [0.05, 0.1) is 0 Å². The fourth-order valence-electron chi connectivity index (χ4n) is 1.71. The third-order valence-corrected chi connectivity index (χ3v) is 2.90. The summed E-state index contributed by atoms with van der Waals surface area (Å²) in [6.07, 6.45) is 1.90. The molecule has 0 atom stereocenters. The average Bonchev–Trinajstić information content (AvgIpc) is 2.43. The van der Waals surface area contributed by atoms with Gasteiger partial charge in [-0.25, -0.2) is 5.43 Å². The number of hydrogen-bond acceptors (Lipinski definition) is 3. The van der Waals surface area contributed by atoms with E-state index in [0.29, 0.717) is 11.7 Å². The third kappa shape index (κ3) is 5.87. The minimum atomic E-state index is -0.242. The van der Waals surface area contributed by atoms with Crippen LogP contribution in [0, 0.1) is 0 Å². The van der Waals surface area contributed by atoms with Crippen LogP contribution in [0.25, 0.3) is 0 Å². The largest absolute Gasteiger partial charge is 0.484 e. The topological polar surface area (TPSA) is 50.7 Å². The Morgan fingerprint density at radius 2 is 1.95 bits per heavy atom. The SMILES string of the molecule is CCC/C(C)=N/NC(=O)COc1ccc(C(C)C)cc1. The lowest BCUT2D eigenvalue weighted by Gasteiger charge is -2.08. The third-order valence-electron chi connectivity index (χ3n) is 2.90. The van der Waals surface area contributed by atoms with Gasteiger partial charge in [-0.2, -0.15) is 5.10 Å². The van der Waals surface area contributed by atoms with Crippen LogP contribution in [0.4, 0.5) is 0 Å². The summed E-state index contributed by atoms with van der Waals surface area (Å²) in [6, 6.07) is 7.80. The second kappa shape index (κ2) is 8.35. The molecular weight excluding hydrogens is 252 g/mol. The van der Waals surface area contributed by atoms with Crippen molar-refractivity contribution in [2.24, 2.45) is 5.10 Å². The van der Waals surface area contributed by atoms with Gasteiger partial charge in [0.25, 0.3) is 5.91 Å². The summed E-state index contributed by atoms with van der Waals surface area (Å²) in [5.41, 5.74) is 4.66. The summed E-state index contributed by atoms with van der Waals surface area (Å²) in [6.45, 7) is 8.23. The smallest absolute Gasteiger partial charge is 0.277 e. The van der Waals surface area contributed by atoms with Gasteiger partial charge in [0.2, 0.25) is 0 Å². The highest BCUT2D eigenvalue weighted by Gasteiger charge is 2.03. The number of hydrazone groups is 1. The molecule has 0 bridgehead atoms. The van der Waals surface area contributed by atoms with Crippen molar-refractivity contribution in [3.05, 3.63) is 29.8 Å². The molecule has 0 spiro atoms. The molecule has 0 aromatic heterocycles. The molecule has 4 nitrogen and oxygen atoms in total. The maximum Gasteiger partial charge on any atom is 0.277 e. The number of hydrogen-bond donors (Lipinski definition) is 1. The van der Waals surface area contributed by atoms with E-state index >= 15 is 0 Å². The summed E-state index contributed by atoms with van der Waals surface area (Å²) in [4.78, 5) is 11.6. The molecule has 1 N–H and O–H groups in total. The monoisotopic (exact) mass is 276 g/mol. The summed E-state index contributed by atoms with van der Waals surface area (Å²) in [5.74, 6) is 0.940. The van der Waals surface area contributed by atoms with Crippen LogP contribution in [-0.2, 0) is 4.79 Å². The standard InChI is InChI=1S/C16H24N2O2/c1-5-6-13(4)17-18-16(19)11-20-15-9-7-14(8-10-15)12(2)3/h7-10,12H,5-6,11H2,1-4H3,(H,18,19)/b17-13+. The van der Waals surface area contributed by atoms with Crippen molar-refractivity contribution >= 4 is 11.6 Å². The van der Waals surface area contributed by atoms with E-state index < -0.39 is 0 Å². The van der Waals surface area contributed by atoms with E-state index in [4.69, 9.17) is 4.74 Å². The van der Waals surface area contributed by atoms with Crippen LogP contribution in [0.5, 0.6) is 5.75 Å². The van der Waals surface area contributed by atoms with E-state index in [1.54, 1.807) is 0 Å². The highest BCUT2D eigenvalue weighted by molar-refractivity contribution is 5.84. The Kier molecular flexibility index (Phi) is 6.77. The Morgan fingerprint density at radius 3 is 2.50 bits per heavy atom. The lowest BCUT2D eigenvalue weighted by atomic mass is 10.0. The molecule has 0 aliphatic heterocycles. The molecule has 0 saturated heterocycles. The molecule has 1 aromatic carbocycles. The van der Waals surface area contributed by atoms with Gasteiger partial charge in [-0.1, -0.05) is 39.3 Å². The van der Waals surface area contributed by atoms with Crippen LogP contribution in [0.2, 0.25) is 0 Å². The fraction of sp³-hybridized carbons (Fsp3) is 0.500. The summed E-state index contributed by atoms with van der Waals surface area (Å²) >= 11 is 0. The lowest BCUT2D eigenvalue weighted by molar-refractivity contribution is -0.123. The summed E-state index contributed by atoms with van der Waals surface area (Å²) in [5, 5.41) is 4.00. The number of rotatable bonds is 7. The molecule has 0 heterocycles. The molecule has 0 saturated carbocycles. The number of amides is 1. The number of benzene rings is 1. The zero-order valence-electron chi connectivity index (χ0n) is 12.8. The molecule has 4 heteroatoms. The Hall–Kier alpha value is -1.84. The molecular formula is C16H24N2O2. The molecule has 0 unspecified atom stereocenters. The van der Waals surface area contributed by atoms with Gasteiger partial charge in [0.1, 0.15) is 5.75 Å². The van der Waals surface area contributed by atoms with E-state index in [9.17, 15) is 4.79 Å². The van der Waals surface area contributed by atoms with Crippen LogP contribution in [0.15, 0.2) is 29.4 Å². The molecule has 1 aromatic rings. The summed E-state index contributed by atoms with van der Waals surface area (Å²) in [7, 11) is 0. The Bertz CT molecular complexity index is 450. The first-order chi connectivity index (χ1) is 9.52. The molecule has 0 radical (unpaired) electrons. The van der Waals surface area contributed by atoms with Crippen LogP contribution < -0.4 is 10.2 Å². The quantitative estimate of drug-likeness (QED) is 0.612. The summed E-state index contributed by atoms with van der Waals surface area (Å²) < 4.78 is 5.41. The van der Waals surface area contributed by atoms with Gasteiger partial charge in [0, 0.05) is 5.71 Å². The first-order valence-corrected chi connectivity index (χ1v) is 7.07. The maximum atomic E-state index is 11.6. The van der Waals surface area contributed by atoms with Crippen molar-refractivity contribution in [3.8, 4) is 5.75 Å². The molecule has 1 amide bonds. The van der Waals surface area contributed by atoms with Gasteiger partial charge in [-0.05, 0) is 37.0 Å². The molecule has 110 valence electrons. The molecule has 0 aliphatic carbocycles. The van der Waals surface area contributed by atoms with Crippen molar-refractivity contribution in [1.29, 1.82) is 0 Å². The molecule has 20 heavy (non-hydrogen) atoms. The van der Waals surface area contributed by atoms with Gasteiger partial charge in [0.15, 0.2) is 6.61 Å². The van der Waals surface area contributed by atoms with Gasteiger partial charge < -0.3 is 4.74 Å². The minimum Gasteiger partial charge on any atom is -0.484 e. The van der Waals surface area contributed by atoms with Crippen molar-refractivity contribution in [2.75, 3.05) is 6.61 Å². The van der Waals surface area contributed by atoms with Crippen molar-refractivity contribution in [1.82, 2.24) is 5.43 Å². The van der Waals surface area contributed by atoms with Crippen LogP contribution in [0.3, 0.4) is 0 Å². The lowest BCUT2D eigenvalue weighted by Crippen LogP contribution is -2.25.